The number of sulfone groups is 1. The van der Waals surface area contributed by atoms with Gasteiger partial charge in [0.15, 0.2) is 9.84 Å². The summed E-state index contributed by atoms with van der Waals surface area (Å²) >= 11 is 0. The monoisotopic (exact) mass is 524 g/mol. The maximum atomic E-state index is 13.5. The van der Waals surface area contributed by atoms with Gasteiger partial charge in [0.05, 0.1) is 17.6 Å². The molecule has 9 heteroatoms. The number of halogens is 2. The zero-order valence-corrected chi connectivity index (χ0v) is 22.1. The van der Waals surface area contributed by atoms with E-state index in [9.17, 15) is 27.1 Å². The van der Waals surface area contributed by atoms with E-state index in [-0.39, 0.29) is 43.4 Å². The Morgan fingerprint density at radius 1 is 1.03 bits per heavy atom. The summed E-state index contributed by atoms with van der Waals surface area (Å²) in [6.07, 6.45) is -0.0453. The van der Waals surface area contributed by atoms with E-state index in [1.165, 1.54) is 4.90 Å². The van der Waals surface area contributed by atoms with Gasteiger partial charge in [0.1, 0.15) is 11.6 Å². The molecule has 0 saturated carbocycles. The van der Waals surface area contributed by atoms with Crippen LogP contribution in [0.2, 0.25) is 0 Å². The van der Waals surface area contributed by atoms with E-state index in [0.717, 1.165) is 35.7 Å². The lowest BCUT2D eigenvalue weighted by Crippen LogP contribution is -2.46. The summed E-state index contributed by atoms with van der Waals surface area (Å²) in [6, 6.07) is 9.84. The van der Waals surface area contributed by atoms with Crippen LogP contribution in [0.4, 0.5) is 8.78 Å². The second kappa shape index (κ2) is 13.8. The summed E-state index contributed by atoms with van der Waals surface area (Å²) in [5.74, 6) is -1.90. The van der Waals surface area contributed by atoms with E-state index >= 15 is 0 Å². The number of aliphatic hydroxyl groups excluding tert-OH is 1. The topological polar surface area (TPSA) is 101 Å². The van der Waals surface area contributed by atoms with Crippen molar-refractivity contribution in [3.8, 4) is 0 Å². The van der Waals surface area contributed by atoms with Crippen LogP contribution in [-0.4, -0.2) is 54.5 Å². The minimum atomic E-state index is -3.39. The number of aryl methyl sites for hydroxylation is 1. The van der Waals surface area contributed by atoms with Gasteiger partial charge in [0.25, 0.3) is 0 Å². The van der Waals surface area contributed by atoms with Gasteiger partial charge in [-0.25, -0.2) is 17.2 Å². The fraction of sp³-hybridized carbons (Fsp3) is 0.519. The highest BCUT2D eigenvalue weighted by Gasteiger charge is 2.24. The van der Waals surface area contributed by atoms with Crippen molar-refractivity contribution in [2.45, 2.75) is 65.1 Å². The molecule has 36 heavy (non-hydrogen) atoms. The number of nitrogens with zero attached hydrogens (tertiary/aromatic N) is 1. The van der Waals surface area contributed by atoms with Crippen LogP contribution in [-0.2, 0) is 34.0 Å². The van der Waals surface area contributed by atoms with Crippen LogP contribution in [0.25, 0.3) is 0 Å². The van der Waals surface area contributed by atoms with Crippen LogP contribution in [0.3, 0.4) is 0 Å². The lowest BCUT2D eigenvalue weighted by molar-refractivity contribution is -0.133. The smallest absolute Gasteiger partial charge is 0.223 e. The number of rotatable bonds is 14. The zero-order chi connectivity index (χ0) is 26.9. The Balaban J connectivity index is 2.13. The first kappa shape index (κ1) is 29.9. The third kappa shape index (κ3) is 10.3. The van der Waals surface area contributed by atoms with E-state index in [0.29, 0.717) is 12.0 Å². The Morgan fingerprint density at radius 3 is 2.28 bits per heavy atom. The third-order valence-electron chi connectivity index (χ3n) is 6.05. The fourth-order valence-electron chi connectivity index (χ4n) is 3.84. The Kier molecular flexibility index (Phi) is 11.5. The Labute approximate surface area is 213 Å². The highest BCUT2D eigenvalue weighted by Crippen LogP contribution is 2.15. The summed E-state index contributed by atoms with van der Waals surface area (Å²) in [5.41, 5.74) is 8.34. The summed E-state index contributed by atoms with van der Waals surface area (Å²) in [7, 11) is -3.39. The molecule has 0 heterocycles. The predicted octanol–water partition coefficient (Wildman–Crippen LogP) is 3.64. The van der Waals surface area contributed by atoms with Gasteiger partial charge in [-0.3, -0.25) is 4.79 Å². The number of nitrogens with two attached hydrogens (primary N) is 1. The molecule has 6 nitrogen and oxygen atoms in total. The van der Waals surface area contributed by atoms with Gasteiger partial charge in [-0.05, 0) is 54.0 Å². The quantitative estimate of drug-likeness (QED) is 0.393. The fourth-order valence-corrected chi connectivity index (χ4v) is 5.36. The number of aliphatic hydroxyl groups is 1. The van der Waals surface area contributed by atoms with E-state index in [2.05, 4.69) is 0 Å². The van der Waals surface area contributed by atoms with Crippen molar-refractivity contribution in [2.75, 3.05) is 18.1 Å². The molecule has 1 amide bonds. The molecule has 2 aromatic rings. The molecule has 0 unspecified atom stereocenters. The van der Waals surface area contributed by atoms with E-state index in [1.54, 1.807) is 0 Å². The number of amides is 1. The summed E-state index contributed by atoms with van der Waals surface area (Å²) < 4.78 is 51.9. The Morgan fingerprint density at radius 2 is 1.67 bits per heavy atom. The van der Waals surface area contributed by atoms with E-state index in [1.807, 2.05) is 45.0 Å². The maximum Gasteiger partial charge on any atom is 0.223 e. The molecular formula is C27H38F2N2O4S. The van der Waals surface area contributed by atoms with Gasteiger partial charge >= 0.3 is 0 Å². The molecule has 0 radical (unpaired) electrons. The second-order valence-electron chi connectivity index (χ2n) is 9.75. The lowest BCUT2D eigenvalue weighted by atomic mass is 10.0. The van der Waals surface area contributed by atoms with Gasteiger partial charge in [0.2, 0.25) is 5.91 Å². The number of carbonyl (C=O) groups is 1. The van der Waals surface area contributed by atoms with Crippen LogP contribution in [0.1, 0.15) is 50.3 Å². The predicted molar refractivity (Wildman–Crippen MR) is 138 cm³/mol. The van der Waals surface area contributed by atoms with Gasteiger partial charge in [-0.15, -0.1) is 0 Å². The molecule has 0 saturated heterocycles. The maximum absolute atomic E-state index is 13.5. The molecule has 0 spiro atoms. The zero-order valence-electron chi connectivity index (χ0n) is 21.3. The number of hydrogen-bond acceptors (Lipinski definition) is 5. The highest BCUT2D eigenvalue weighted by molar-refractivity contribution is 7.91. The molecule has 0 fully saturated rings. The van der Waals surface area contributed by atoms with Crippen molar-refractivity contribution in [1.82, 2.24) is 4.90 Å². The summed E-state index contributed by atoms with van der Waals surface area (Å²) in [4.78, 5) is 14.5. The molecule has 2 rings (SSSR count). The minimum absolute atomic E-state index is 0.00672. The van der Waals surface area contributed by atoms with Crippen molar-refractivity contribution < 1.29 is 27.1 Å². The van der Waals surface area contributed by atoms with E-state index in [4.69, 9.17) is 5.73 Å². The highest BCUT2D eigenvalue weighted by atomic mass is 32.2. The Bertz CT molecular complexity index is 1090. The average molecular weight is 525 g/mol. The lowest BCUT2D eigenvalue weighted by Gasteiger charge is -2.28. The first-order valence-electron chi connectivity index (χ1n) is 12.3. The largest absolute Gasteiger partial charge is 0.390 e. The molecule has 0 aromatic heterocycles. The van der Waals surface area contributed by atoms with Gasteiger partial charge in [-0.1, -0.05) is 45.0 Å². The van der Waals surface area contributed by atoms with Crippen LogP contribution in [0.5, 0.6) is 0 Å². The van der Waals surface area contributed by atoms with Crippen molar-refractivity contribution >= 4 is 15.7 Å². The van der Waals surface area contributed by atoms with Gasteiger partial charge < -0.3 is 15.7 Å². The summed E-state index contributed by atoms with van der Waals surface area (Å²) in [5, 5.41) is 10.8. The number of hydrogen-bond donors (Lipinski definition) is 2. The summed E-state index contributed by atoms with van der Waals surface area (Å²) in [6.45, 7) is 5.94. The van der Waals surface area contributed by atoms with Crippen molar-refractivity contribution in [3.05, 3.63) is 70.8 Å². The molecule has 2 atom stereocenters. The molecule has 2 aromatic carbocycles. The first-order valence-corrected chi connectivity index (χ1v) is 14.1. The third-order valence-corrected chi connectivity index (χ3v) is 7.74. The second-order valence-corrected chi connectivity index (χ2v) is 12.0. The normalized spacial score (nSPS) is 13.6. The number of carbonyl (C=O) groups excluding carboxylic acids is 1. The Hall–Kier alpha value is -2.36. The minimum Gasteiger partial charge on any atom is -0.390 e. The first-order chi connectivity index (χ1) is 16.9. The standard InChI is InChI=1S/C27H38F2N2O4S/c1-4-20-6-5-7-21(12-20)17-31(27(33)9-11-36(34,35)10-8-19(2)3)18-26(32)25(30)15-22-13-23(28)16-24(29)14-22/h5-7,12-14,16,19,25-26,32H,4,8-11,15,17-18,30H2,1-3H3/t25-,26+/m0/s1. The van der Waals surface area contributed by atoms with Crippen LogP contribution >= 0.6 is 0 Å². The molecule has 3 N–H and O–H groups in total. The van der Waals surface area contributed by atoms with Crippen molar-refractivity contribution in [3.63, 3.8) is 0 Å². The van der Waals surface area contributed by atoms with Crippen LogP contribution in [0, 0.1) is 17.6 Å². The van der Waals surface area contributed by atoms with E-state index < -0.39 is 39.5 Å². The van der Waals surface area contributed by atoms with Gasteiger partial charge in [0, 0.05) is 31.6 Å². The molecule has 0 aliphatic rings. The SMILES string of the molecule is CCc1cccc(CN(C[C@@H](O)[C@@H](N)Cc2cc(F)cc(F)c2)C(=O)CCS(=O)(=O)CCC(C)C)c1. The van der Waals surface area contributed by atoms with Crippen LogP contribution in [0.15, 0.2) is 42.5 Å². The van der Waals surface area contributed by atoms with Crippen LogP contribution < -0.4 is 5.73 Å². The molecule has 200 valence electrons. The molecular weight excluding hydrogens is 486 g/mol. The van der Waals surface area contributed by atoms with Crippen molar-refractivity contribution in [1.29, 1.82) is 0 Å². The molecule has 0 aliphatic heterocycles. The van der Waals surface area contributed by atoms with Crippen molar-refractivity contribution in [2.24, 2.45) is 11.7 Å². The van der Waals surface area contributed by atoms with Gasteiger partial charge in [-0.2, -0.15) is 0 Å². The molecule has 0 bridgehead atoms. The average Bonchev–Trinajstić information content (AvgIpc) is 2.80. The molecule has 0 aliphatic carbocycles. The number of benzene rings is 2.